The molecule has 1 fully saturated rings. The third-order valence-corrected chi connectivity index (χ3v) is 6.57. The summed E-state index contributed by atoms with van der Waals surface area (Å²) in [5, 5.41) is 3.75. The van der Waals surface area contributed by atoms with Crippen molar-refractivity contribution in [3.63, 3.8) is 0 Å². The first-order valence-electron chi connectivity index (χ1n) is 11.4. The van der Waals surface area contributed by atoms with E-state index in [1.807, 2.05) is 62.5 Å². The number of carbonyl (C=O) groups excluding carboxylic acids is 2. The Hall–Kier alpha value is -4.03. The van der Waals surface area contributed by atoms with Crippen LogP contribution in [0.5, 0.6) is 0 Å². The van der Waals surface area contributed by atoms with Crippen molar-refractivity contribution in [1.82, 2.24) is 9.88 Å². The van der Waals surface area contributed by atoms with Gasteiger partial charge in [0.15, 0.2) is 5.11 Å². The minimum Gasteiger partial charge on any atom is -0.342 e. The molecule has 5 nitrogen and oxygen atoms in total. The van der Waals surface area contributed by atoms with Crippen LogP contribution < -0.4 is 10.2 Å². The first kappa shape index (κ1) is 22.7. The molecular weight excluding hydrogens is 454 g/mol. The number of fused-ring (bicyclic) bond motifs is 1. The number of thiocarbonyl (C=S) groups is 1. The van der Waals surface area contributed by atoms with E-state index < -0.39 is 11.8 Å². The molecule has 1 saturated heterocycles. The quantitative estimate of drug-likeness (QED) is 0.241. The molecule has 0 atom stereocenters. The molecule has 2 heterocycles. The molecule has 0 saturated carbocycles. The van der Waals surface area contributed by atoms with Gasteiger partial charge in [-0.2, -0.15) is 0 Å². The van der Waals surface area contributed by atoms with Crippen molar-refractivity contribution in [1.29, 1.82) is 0 Å². The molecule has 3 aromatic carbocycles. The van der Waals surface area contributed by atoms with Gasteiger partial charge in [-0.1, -0.05) is 65.7 Å². The van der Waals surface area contributed by atoms with E-state index in [0.717, 1.165) is 27.6 Å². The maximum Gasteiger partial charge on any atom is 0.270 e. The number of para-hydroxylation sites is 1. The number of rotatable bonds is 4. The molecule has 0 spiro atoms. The summed E-state index contributed by atoms with van der Waals surface area (Å²) in [4.78, 5) is 27.8. The Bertz CT molecular complexity index is 1530. The molecule has 1 aliphatic rings. The van der Waals surface area contributed by atoms with Gasteiger partial charge < -0.3 is 4.57 Å². The Balaban J connectivity index is 1.57. The summed E-state index contributed by atoms with van der Waals surface area (Å²) in [6, 6.07) is 22.2. The molecule has 1 aromatic heterocycles. The van der Waals surface area contributed by atoms with E-state index in [2.05, 4.69) is 41.1 Å². The number of aromatic nitrogens is 1. The van der Waals surface area contributed by atoms with Gasteiger partial charge in [0.05, 0.1) is 5.69 Å². The van der Waals surface area contributed by atoms with E-state index >= 15 is 0 Å². The molecule has 2 amide bonds. The molecule has 0 aliphatic carbocycles. The van der Waals surface area contributed by atoms with Crippen LogP contribution in [0.2, 0.25) is 0 Å². The van der Waals surface area contributed by atoms with Crippen molar-refractivity contribution in [2.24, 2.45) is 0 Å². The maximum atomic E-state index is 13.6. The zero-order valence-electron chi connectivity index (χ0n) is 19.8. The van der Waals surface area contributed by atoms with E-state index in [1.165, 1.54) is 16.0 Å². The summed E-state index contributed by atoms with van der Waals surface area (Å²) in [7, 11) is 0. The first-order valence-corrected chi connectivity index (χ1v) is 11.8. The highest BCUT2D eigenvalue weighted by molar-refractivity contribution is 7.80. The molecule has 1 N–H and O–H groups in total. The van der Waals surface area contributed by atoms with Crippen LogP contribution in [0.1, 0.15) is 27.8 Å². The lowest BCUT2D eigenvalue weighted by Gasteiger charge is -2.30. The van der Waals surface area contributed by atoms with E-state index in [1.54, 1.807) is 6.08 Å². The molecule has 5 rings (SSSR count). The van der Waals surface area contributed by atoms with Gasteiger partial charge in [0, 0.05) is 29.2 Å². The lowest BCUT2D eigenvalue weighted by Crippen LogP contribution is -2.54. The van der Waals surface area contributed by atoms with Crippen molar-refractivity contribution in [3.8, 4) is 0 Å². The smallest absolute Gasteiger partial charge is 0.270 e. The number of benzene rings is 3. The third kappa shape index (κ3) is 4.29. The van der Waals surface area contributed by atoms with Crippen LogP contribution in [0.25, 0.3) is 17.0 Å². The van der Waals surface area contributed by atoms with Crippen LogP contribution in [-0.2, 0) is 16.1 Å². The molecule has 0 radical (unpaired) electrons. The molecule has 6 heteroatoms. The maximum absolute atomic E-state index is 13.6. The highest BCUT2D eigenvalue weighted by atomic mass is 32.1. The van der Waals surface area contributed by atoms with E-state index in [0.29, 0.717) is 12.2 Å². The van der Waals surface area contributed by atoms with Crippen molar-refractivity contribution in [2.45, 2.75) is 27.3 Å². The summed E-state index contributed by atoms with van der Waals surface area (Å²) in [6.45, 7) is 6.67. The van der Waals surface area contributed by atoms with Crippen molar-refractivity contribution < 1.29 is 9.59 Å². The van der Waals surface area contributed by atoms with Crippen molar-refractivity contribution in [2.75, 3.05) is 4.90 Å². The number of anilines is 1. The normalized spacial score (nSPS) is 15.2. The summed E-state index contributed by atoms with van der Waals surface area (Å²) < 4.78 is 2.14. The van der Waals surface area contributed by atoms with E-state index in [-0.39, 0.29) is 10.7 Å². The molecule has 0 bridgehead atoms. The van der Waals surface area contributed by atoms with Crippen LogP contribution in [0.3, 0.4) is 0 Å². The Labute approximate surface area is 209 Å². The van der Waals surface area contributed by atoms with Crippen LogP contribution in [-0.4, -0.2) is 21.5 Å². The molecule has 1 aliphatic heterocycles. The van der Waals surface area contributed by atoms with E-state index in [9.17, 15) is 9.59 Å². The highest BCUT2D eigenvalue weighted by Crippen LogP contribution is 2.29. The Morgan fingerprint density at radius 3 is 2.37 bits per heavy atom. The van der Waals surface area contributed by atoms with Gasteiger partial charge >= 0.3 is 0 Å². The SMILES string of the molecule is Cc1ccc(Cn2cc(/C=C3\C(=O)NC(=S)N(c4ccc(C)cc4C)C3=O)c3ccccc32)cc1. The molecule has 4 aromatic rings. The predicted molar refractivity (Wildman–Crippen MR) is 144 cm³/mol. The van der Waals surface area contributed by atoms with Gasteiger partial charge in [0.2, 0.25) is 0 Å². The Morgan fingerprint density at radius 2 is 1.63 bits per heavy atom. The fraction of sp³-hybridized carbons (Fsp3) is 0.138. The summed E-state index contributed by atoms with van der Waals surface area (Å²) in [5.74, 6) is -0.919. The minimum absolute atomic E-state index is 0.0526. The average molecular weight is 480 g/mol. The molecule has 35 heavy (non-hydrogen) atoms. The number of carbonyl (C=O) groups is 2. The zero-order chi connectivity index (χ0) is 24.7. The Morgan fingerprint density at radius 1 is 0.914 bits per heavy atom. The topological polar surface area (TPSA) is 54.3 Å². The van der Waals surface area contributed by atoms with Crippen molar-refractivity contribution in [3.05, 3.63) is 106 Å². The number of nitrogens with one attached hydrogen (secondary N) is 1. The van der Waals surface area contributed by atoms with E-state index in [4.69, 9.17) is 12.2 Å². The van der Waals surface area contributed by atoms with Gasteiger partial charge in [-0.15, -0.1) is 0 Å². The molecular formula is C29H25N3O2S. The molecule has 0 unspecified atom stereocenters. The van der Waals surface area contributed by atoms with Gasteiger partial charge in [0.1, 0.15) is 5.57 Å². The minimum atomic E-state index is -0.489. The highest BCUT2D eigenvalue weighted by Gasteiger charge is 2.35. The standard InChI is InChI=1S/C29H25N3O2S/c1-18-8-11-21(12-9-18)16-31-17-22(23-6-4-5-7-26(23)31)15-24-27(33)30-29(35)32(28(24)34)25-13-10-19(2)14-20(25)3/h4-15,17H,16H2,1-3H3,(H,30,33,35)/b24-15+. The molecule has 174 valence electrons. The second-order valence-corrected chi connectivity index (χ2v) is 9.35. The van der Waals surface area contributed by atoms with Crippen LogP contribution in [0.4, 0.5) is 5.69 Å². The largest absolute Gasteiger partial charge is 0.342 e. The fourth-order valence-electron chi connectivity index (χ4n) is 4.50. The predicted octanol–water partition coefficient (Wildman–Crippen LogP) is 5.45. The van der Waals surface area contributed by atoms with Crippen LogP contribution in [0, 0.1) is 20.8 Å². The lowest BCUT2D eigenvalue weighted by atomic mass is 10.0. The van der Waals surface area contributed by atoms with Gasteiger partial charge in [-0.25, -0.2) is 0 Å². The van der Waals surface area contributed by atoms with Gasteiger partial charge in [-0.05, 0) is 62.3 Å². The van der Waals surface area contributed by atoms with Crippen LogP contribution >= 0.6 is 12.2 Å². The van der Waals surface area contributed by atoms with Gasteiger partial charge in [-0.3, -0.25) is 19.8 Å². The zero-order valence-corrected chi connectivity index (χ0v) is 20.6. The first-order chi connectivity index (χ1) is 16.8. The second kappa shape index (κ2) is 8.96. The lowest BCUT2D eigenvalue weighted by molar-refractivity contribution is -0.122. The number of amides is 2. The summed E-state index contributed by atoms with van der Waals surface area (Å²) in [6.07, 6.45) is 3.66. The average Bonchev–Trinajstić information content (AvgIpc) is 3.16. The summed E-state index contributed by atoms with van der Waals surface area (Å²) >= 11 is 5.38. The summed E-state index contributed by atoms with van der Waals surface area (Å²) in [5.41, 5.74) is 6.94. The third-order valence-electron chi connectivity index (χ3n) is 6.29. The number of hydrogen-bond donors (Lipinski definition) is 1. The van der Waals surface area contributed by atoms with Gasteiger partial charge in [0.25, 0.3) is 11.8 Å². The fourth-order valence-corrected chi connectivity index (χ4v) is 4.77. The number of nitrogens with zero attached hydrogens (tertiary/aromatic N) is 2. The number of hydrogen-bond acceptors (Lipinski definition) is 3. The van der Waals surface area contributed by atoms with Crippen molar-refractivity contribution >= 4 is 51.8 Å². The monoisotopic (exact) mass is 479 g/mol. The number of aryl methyl sites for hydroxylation is 3. The Kier molecular flexibility index (Phi) is 5.83. The van der Waals surface area contributed by atoms with Crippen LogP contribution in [0.15, 0.2) is 78.5 Å². The second-order valence-electron chi connectivity index (χ2n) is 8.96.